The van der Waals surface area contributed by atoms with Gasteiger partial charge >= 0.3 is 5.97 Å². The largest absolute Gasteiger partial charge is 0.481 e. The molecule has 0 radical (unpaired) electrons. The molecule has 0 aromatic carbocycles. The molecule has 0 fully saturated rings. The van der Waals surface area contributed by atoms with Gasteiger partial charge in [0.15, 0.2) is 5.16 Å². The zero-order chi connectivity index (χ0) is 14.4. The number of hydrogen-bond acceptors (Lipinski definition) is 6. The first-order valence-electron chi connectivity index (χ1n) is 5.51. The Morgan fingerprint density at radius 3 is 2.26 bits per heavy atom. The first kappa shape index (κ1) is 15.3. The second kappa shape index (κ2) is 6.98. The molecule has 19 heavy (non-hydrogen) atoms. The van der Waals surface area contributed by atoms with E-state index in [-0.39, 0.29) is 0 Å². The predicted octanol–water partition coefficient (Wildman–Crippen LogP) is 2.01. The van der Waals surface area contributed by atoms with Crippen LogP contribution < -0.4 is 9.47 Å². The highest BCUT2D eigenvalue weighted by atomic mass is 32.2. The lowest BCUT2D eigenvalue weighted by Crippen LogP contribution is -2.18. The van der Waals surface area contributed by atoms with Crippen LogP contribution in [0.5, 0.6) is 11.8 Å². The lowest BCUT2D eigenvalue weighted by Gasteiger charge is -2.12. The molecule has 0 bridgehead atoms. The van der Waals surface area contributed by atoms with Crippen molar-refractivity contribution in [3.63, 3.8) is 0 Å². The van der Waals surface area contributed by atoms with Crippen LogP contribution >= 0.6 is 11.8 Å². The number of rotatable bonds is 6. The first-order valence-corrected chi connectivity index (χ1v) is 6.39. The Labute approximate surface area is 115 Å². The number of ether oxygens (including phenoxy) is 2. The van der Waals surface area contributed by atoms with E-state index in [9.17, 15) is 9.90 Å². The summed E-state index contributed by atoms with van der Waals surface area (Å²) in [6.45, 7) is 3.54. The lowest BCUT2D eigenvalue weighted by molar-refractivity contribution is -0.135. The molecule has 0 saturated carbocycles. The molecule has 1 N–H and O–H groups in total. The summed E-state index contributed by atoms with van der Waals surface area (Å²) < 4.78 is 10.0. The quantitative estimate of drug-likeness (QED) is 0.486. The van der Waals surface area contributed by atoms with Gasteiger partial charge in [-0.15, -0.1) is 0 Å². The number of allylic oxidation sites excluding steroid dienone is 1. The van der Waals surface area contributed by atoms with Crippen LogP contribution in [0.3, 0.4) is 0 Å². The molecule has 0 amide bonds. The smallest absolute Gasteiger partial charge is 0.321 e. The molecule has 0 aliphatic rings. The molecule has 7 heteroatoms. The normalized spacial score (nSPS) is 12.9. The third-order valence-electron chi connectivity index (χ3n) is 2.39. The Balaban J connectivity index is 3.05. The molecular weight excluding hydrogens is 268 g/mol. The zero-order valence-electron chi connectivity index (χ0n) is 11.2. The number of carbonyl (C=O) groups is 1. The highest BCUT2D eigenvalue weighted by Gasteiger charge is 2.22. The average molecular weight is 284 g/mol. The Morgan fingerprint density at radius 1 is 1.37 bits per heavy atom. The van der Waals surface area contributed by atoms with Crippen LogP contribution in [0.15, 0.2) is 22.9 Å². The molecule has 1 rings (SSSR count). The lowest BCUT2D eigenvalue weighted by atomic mass is 10.2. The molecule has 0 saturated heterocycles. The van der Waals surface area contributed by atoms with Crippen molar-refractivity contribution < 1.29 is 19.4 Å². The zero-order valence-corrected chi connectivity index (χ0v) is 12.0. The molecule has 0 aliphatic carbocycles. The van der Waals surface area contributed by atoms with Crippen molar-refractivity contribution in [3.8, 4) is 11.8 Å². The number of carboxylic acid groups (broad SMARTS) is 1. The van der Waals surface area contributed by atoms with Gasteiger partial charge in [-0.3, -0.25) is 4.79 Å². The van der Waals surface area contributed by atoms with Gasteiger partial charge in [0, 0.05) is 0 Å². The van der Waals surface area contributed by atoms with E-state index >= 15 is 0 Å². The fourth-order valence-corrected chi connectivity index (χ4v) is 2.16. The molecular formula is C12H16N2O4S. The minimum absolute atomic E-state index is 0.296. The fraction of sp³-hybridized carbons (Fsp3) is 0.417. The van der Waals surface area contributed by atoms with Crippen molar-refractivity contribution in [1.29, 1.82) is 0 Å². The topological polar surface area (TPSA) is 81.5 Å². The third kappa shape index (κ3) is 4.13. The van der Waals surface area contributed by atoms with Crippen molar-refractivity contribution in [3.05, 3.63) is 17.7 Å². The number of methoxy groups -OCH3 is 2. The SMILES string of the molecule is C/C=C(\C)C(Sc1nc(OC)cc(OC)n1)C(=O)O. The van der Waals surface area contributed by atoms with Gasteiger partial charge in [0.05, 0.1) is 20.3 Å². The average Bonchev–Trinajstić information content (AvgIpc) is 2.43. The summed E-state index contributed by atoms with van der Waals surface area (Å²) in [5.41, 5.74) is 0.725. The molecule has 1 heterocycles. The Bertz CT molecular complexity index is 468. The second-order valence-electron chi connectivity index (χ2n) is 3.60. The maximum absolute atomic E-state index is 11.2. The van der Waals surface area contributed by atoms with Crippen LogP contribution in [-0.2, 0) is 4.79 Å². The van der Waals surface area contributed by atoms with Gasteiger partial charge in [0.2, 0.25) is 11.8 Å². The summed E-state index contributed by atoms with van der Waals surface area (Å²) in [6, 6.07) is 1.53. The molecule has 0 spiro atoms. The summed E-state index contributed by atoms with van der Waals surface area (Å²) in [7, 11) is 2.95. The van der Waals surface area contributed by atoms with Crippen molar-refractivity contribution in [2.24, 2.45) is 0 Å². The van der Waals surface area contributed by atoms with Crippen LogP contribution in [0.1, 0.15) is 13.8 Å². The van der Waals surface area contributed by atoms with Crippen molar-refractivity contribution in [2.45, 2.75) is 24.3 Å². The number of nitrogens with zero attached hydrogens (tertiary/aromatic N) is 2. The Hall–Kier alpha value is -1.76. The third-order valence-corrected chi connectivity index (χ3v) is 3.60. The molecule has 0 aliphatic heterocycles. The van der Waals surface area contributed by atoms with E-state index in [2.05, 4.69) is 9.97 Å². The standard InChI is InChI=1S/C12H16N2O4S/c1-5-7(2)10(11(15)16)19-12-13-8(17-3)6-9(14-12)18-4/h5-6,10H,1-4H3,(H,15,16)/b7-5+. The van der Waals surface area contributed by atoms with Crippen LogP contribution in [0, 0.1) is 0 Å². The minimum Gasteiger partial charge on any atom is -0.481 e. The van der Waals surface area contributed by atoms with Gasteiger partial charge < -0.3 is 14.6 Å². The van der Waals surface area contributed by atoms with Crippen molar-refractivity contribution in [1.82, 2.24) is 9.97 Å². The number of carboxylic acids is 1. The van der Waals surface area contributed by atoms with E-state index in [1.54, 1.807) is 19.9 Å². The summed E-state index contributed by atoms with van der Waals surface area (Å²) in [5, 5.41) is 8.77. The molecule has 1 unspecified atom stereocenters. The van der Waals surface area contributed by atoms with Gasteiger partial charge in [-0.25, -0.2) is 0 Å². The van der Waals surface area contributed by atoms with E-state index in [0.717, 1.165) is 17.3 Å². The van der Waals surface area contributed by atoms with Crippen LogP contribution in [-0.4, -0.2) is 40.5 Å². The van der Waals surface area contributed by atoms with Gasteiger partial charge in [0.25, 0.3) is 0 Å². The van der Waals surface area contributed by atoms with Gasteiger partial charge in [-0.1, -0.05) is 23.4 Å². The molecule has 104 valence electrons. The van der Waals surface area contributed by atoms with Gasteiger partial charge in [-0.05, 0) is 13.8 Å². The summed E-state index contributed by atoms with van der Waals surface area (Å²) in [5.74, 6) is -0.278. The van der Waals surface area contributed by atoms with E-state index in [1.165, 1.54) is 20.3 Å². The summed E-state index contributed by atoms with van der Waals surface area (Å²) in [6.07, 6.45) is 1.75. The monoisotopic (exact) mass is 284 g/mol. The summed E-state index contributed by atoms with van der Waals surface area (Å²) in [4.78, 5) is 19.4. The first-order chi connectivity index (χ1) is 9.01. The van der Waals surface area contributed by atoms with E-state index < -0.39 is 11.2 Å². The van der Waals surface area contributed by atoms with E-state index in [1.807, 2.05) is 0 Å². The molecule has 1 atom stereocenters. The highest BCUT2D eigenvalue weighted by molar-refractivity contribution is 8.00. The van der Waals surface area contributed by atoms with Crippen LogP contribution in [0.2, 0.25) is 0 Å². The second-order valence-corrected chi connectivity index (χ2v) is 4.68. The van der Waals surface area contributed by atoms with Crippen molar-refractivity contribution in [2.75, 3.05) is 14.2 Å². The highest BCUT2D eigenvalue weighted by Crippen LogP contribution is 2.28. The fourth-order valence-electron chi connectivity index (χ4n) is 1.24. The maximum atomic E-state index is 11.2. The molecule has 6 nitrogen and oxygen atoms in total. The number of hydrogen-bond donors (Lipinski definition) is 1. The molecule has 1 aromatic rings. The number of aromatic nitrogens is 2. The number of thioether (sulfide) groups is 1. The molecule has 1 aromatic heterocycles. The number of aliphatic carboxylic acids is 1. The van der Waals surface area contributed by atoms with Crippen LogP contribution in [0.25, 0.3) is 0 Å². The Kier molecular flexibility index (Phi) is 5.62. The Morgan fingerprint density at radius 2 is 1.89 bits per heavy atom. The summed E-state index contributed by atoms with van der Waals surface area (Å²) >= 11 is 1.04. The van der Waals surface area contributed by atoms with Crippen LogP contribution in [0.4, 0.5) is 0 Å². The maximum Gasteiger partial charge on any atom is 0.321 e. The van der Waals surface area contributed by atoms with E-state index in [4.69, 9.17) is 9.47 Å². The van der Waals surface area contributed by atoms with Crippen molar-refractivity contribution >= 4 is 17.7 Å². The van der Waals surface area contributed by atoms with E-state index in [0.29, 0.717) is 16.9 Å². The van der Waals surface area contributed by atoms with Gasteiger partial charge in [0.1, 0.15) is 5.25 Å². The minimum atomic E-state index is -0.939. The predicted molar refractivity (Wildman–Crippen MR) is 71.8 cm³/mol. The van der Waals surface area contributed by atoms with Gasteiger partial charge in [-0.2, -0.15) is 9.97 Å².